The summed E-state index contributed by atoms with van der Waals surface area (Å²) in [6.07, 6.45) is 0. The van der Waals surface area contributed by atoms with Gasteiger partial charge in [-0.15, -0.1) is 0 Å². The molecule has 1 atom stereocenters. The van der Waals surface area contributed by atoms with Crippen LogP contribution in [0.2, 0.25) is 0 Å². The van der Waals surface area contributed by atoms with E-state index in [0.717, 1.165) is 0 Å². The highest BCUT2D eigenvalue weighted by molar-refractivity contribution is 5.92. The summed E-state index contributed by atoms with van der Waals surface area (Å²) in [6, 6.07) is 5.04. The summed E-state index contributed by atoms with van der Waals surface area (Å²) in [6.45, 7) is 3.15. The number of nitrogen functional groups attached to an aromatic ring is 1. The molecule has 0 aliphatic carbocycles. The van der Waals surface area contributed by atoms with Gasteiger partial charge in [0.25, 0.3) is 5.91 Å². The van der Waals surface area contributed by atoms with Gasteiger partial charge in [-0.05, 0) is 18.1 Å². The van der Waals surface area contributed by atoms with E-state index < -0.39 is 0 Å². The third-order valence-electron chi connectivity index (χ3n) is 2.19. The van der Waals surface area contributed by atoms with Crippen molar-refractivity contribution in [1.29, 1.82) is 0 Å². The second-order valence-corrected chi connectivity index (χ2v) is 3.82. The zero-order valence-corrected chi connectivity index (χ0v) is 10.1. The van der Waals surface area contributed by atoms with E-state index in [0.29, 0.717) is 24.7 Å². The van der Waals surface area contributed by atoms with Gasteiger partial charge in [0.1, 0.15) is 11.5 Å². The van der Waals surface area contributed by atoms with Gasteiger partial charge in [-0.1, -0.05) is 13.0 Å². The minimum absolute atomic E-state index is 0.218. The van der Waals surface area contributed by atoms with Crippen molar-refractivity contribution in [3.05, 3.63) is 23.9 Å². The van der Waals surface area contributed by atoms with Crippen LogP contribution in [0.3, 0.4) is 0 Å². The van der Waals surface area contributed by atoms with Crippen LogP contribution in [0.25, 0.3) is 0 Å². The minimum Gasteiger partial charge on any atom is -0.384 e. The smallest absolute Gasteiger partial charge is 0.269 e. The lowest BCUT2D eigenvalue weighted by atomic mass is 10.2. The Kier molecular flexibility index (Phi) is 5.38. The second kappa shape index (κ2) is 6.82. The third-order valence-corrected chi connectivity index (χ3v) is 2.19. The molecule has 0 aromatic carbocycles. The molecule has 1 amide bonds. The van der Waals surface area contributed by atoms with Crippen LogP contribution in [0.5, 0.6) is 0 Å². The van der Waals surface area contributed by atoms with Crippen molar-refractivity contribution in [2.45, 2.75) is 6.92 Å². The second-order valence-electron chi connectivity index (χ2n) is 3.82. The molecule has 6 heteroatoms. The molecule has 0 bridgehead atoms. The summed E-state index contributed by atoms with van der Waals surface area (Å²) >= 11 is 0. The Morgan fingerprint density at radius 1 is 1.59 bits per heavy atom. The average Bonchev–Trinajstić information content (AvgIpc) is 2.36. The molecule has 0 aliphatic rings. The number of amides is 1. The number of rotatable bonds is 6. The molecule has 0 radical (unpaired) electrons. The fourth-order valence-corrected chi connectivity index (χ4v) is 1.34. The topological polar surface area (TPSA) is 89.3 Å². The largest absolute Gasteiger partial charge is 0.384 e. The van der Waals surface area contributed by atoms with E-state index in [1.54, 1.807) is 25.3 Å². The van der Waals surface area contributed by atoms with Gasteiger partial charge >= 0.3 is 0 Å². The molecule has 1 unspecified atom stereocenters. The van der Waals surface area contributed by atoms with Crippen molar-refractivity contribution in [3.63, 3.8) is 0 Å². The maximum absolute atomic E-state index is 11.7. The lowest BCUT2D eigenvalue weighted by Gasteiger charge is -2.11. The van der Waals surface area contributed by atoms with Crippen LogP contribution < -0.4 is 16.6 Å². The number of ether oxygens (including phenoxy) is 1. The van der Waals surface area contributed by atoms with E-state index in [1.807, 2.05) is 6.92 Å². The summed E-state index contributed by atoms with van der Waals surface area (Å²) < 4.78 is 4.98. The molecule has 4 N–H and O–H groups in total. The van der Waals surface area contributed by atoms with Gasteiger partial charge in [0.05, 0.1) is 6.61 Å². The predicted molar refractivity (Wildman–Crippen MR) is 65.4 cm³/mol. The number of hydrogen-bond donors (Lipinski definition) is 3. The van der Waals surface area contributed by atoms with E-state index >= 15 is 0 Å². The molecule has 0 saturated carbocycles. The predicted octanol–water partition coefficient (Wildman–Crippen LogP) is 0.380. The molecule has 0 aliphatic heterocycles. The maximum atomic E-state index is 11.7. The Morgan fingerprint density at radius 2 is 2.35 bits per heavy atom. The SMILES string of the molecule is COCC(C)CNC(=O)c1cccc(NN)n1. The van der Waals surface area contributed by atoms with Crippen LogP contribution in [0.4, 0.5) is 5.82 Å². The first kappa shape index (κ1) is 13.4. The number of carbonyl (C=O) groups excluding carboxylic acids is 1. The molecule has 0 spiro atoms. The Labute approximate surface area is 101 Å². The van der Waals surface area contributed by atoms with E-state index in [2.05, 4.69) is 15.7 Å². The van der Waals surface area contributed by atoms with Gasteiger partial charge in [-0.2, -0.15) is 0 Å². The first-order valence-electron chi connectivity index (χ1n) is 5.38. The number of pyridine rings is 1. The van der Waals surface area contributed by atoms with Gasteiger partial charge in [-0.3, -0.25) is 4.79 Å². The van der Waals surface area contributed by atoms with Gasteiger partial charge in [-0.25, -0.2) is 10.8 Å². The fraction of sp³-hybridized carbons (Fsp3) is 0.455. The Bertz CT molecular complexity index is 370. The molecule has 1 rings (SSSR count). The molecular formula is C11H18N4O2. The standard InChI is InChI=1S/C11H18N4O2/c1-8(7-17-2)6-13-11(16)9-4-3-5-10(14-9)15-12/h3-5,8H,6-7,12H2,1-2H3,(H,13,16)(H,14,15). The van der Waals surface area contributed by atoms with Crippen molar-refractivity contribution in [2.75, 3.05) is 25.7 Å². The van der Waals surface area contributed by atoms with E-state index in [1.165, 1.54) is 0 Å². The number of nitrogens with two attached hydrogens (primary N) is 1. The highest BCUT2D eigenvalue weighted by Crippen LogP contribution is 2.03. The number of nitrogens with one attached hydrogen (secondary N) is 2. The molecule has 0 saturated heterocycles. The van der Waals surface area contributed by atoms with Crippen LogP contribution in [-0.4, -0.2) is 31.2 Å². The van der Waals surface area contributed by atoms with E-state index in [9.17, 15) is 4.79 Å². The normalized spacial score (nSPS) is 11.9. The van der Waals surface area contributed by atoms with Crippen LogP contribution in [0, 0.1) is 5.92 Å². The molecule has 1 aromatic heterocycles. The summed E-state index contributed by atoms with van der Waals surface area (Å²) in [5.74, 6) is 5.73. The summed E-state index contributed by atoms with van der Waals surface area (Å²) in [5, 5.41) is 2.78. The number of nitrogens with zero attached hydrogens (tertiary/aromatic N) is 1. The monoisotopic (exact) mass is 238 g/mol. The lowest BCUT2D eigenvalue weighted by molar-refractivity contribution is 0.0929. The molecule has 0 fully saturated rings. The van der Waals surface area contributed by atoms with Crippen LogP contribution in [-0.2, 0) is 4.74 Å². The number of aromatic nitrogens is 1. The first-order valence-corrected chi connectivity index (χ1v) is 5.38. The number of hydrogen-bond acceptors (Lipinski definition) is 5. The van der Waals surface area contributed by atoms with Gasteiger partial charge < -0.3 is 15.5 Å². The Morgan fingerprint density at radius 3 is 3.00 bits per heavy atom. The third kappa shape index (κ3) is 4.38. The number of carbonyl (C=O) groups is 1. The summed E-state index contributed by atoms with van der Waals surface area (Å²) in [7, 11) is 1.64. The zero-order chi connectivity index (χ0) is 12.7. The summed E-state index contributed by atoms with van der Waals surface area (Å²) in [4.78, 5) is 15.8. The van der Waals surface area contributed by atoms with E-state index in [4.69, 9.17) is 10.6 Å². The average molecular weight is 238 g/mol. The van der Waals surface area contributed by atoms with Gasteiger partial charge in [0.15, 0.2) is 0 Å². The molecule has 1 aromatic rings. The van der Waals surface area contributed by atoms with Crippen LogP contribution in [0.15, 0.2) is 18.2 Å². The van der Waals surface area contributed by atoms with Crippen molar-refractivity contribution < 1.29 is 9.53 Å². The first-order chi connectivity index (χ1) is 8.17. The zero-order valence-electron chi connectivity index (χ0n) is 10.1. The number of anilines is 1. The van der Waals surface area contributed by atoms with Crippen LogP contribution >= 0.6 is 0 Å². The molecule has 6 nitrogen and oxygen atoms in total. The molecule has 1 heterocycles. The van der Waals surface area contributed by atoms with Crippen molar-refractivity contribution in [3.8, 4) is 0 Å². The number of hydrazine groups is 1. The van der Waals surface area contributed by atoms with E-state index in [-0.39, 0.29) is 11.8 Å². The Hall–Kier alpha value is -1.66. The summed E-state index contributed by atoms with van der Waals surface area (Å²) in [5.41, 5.74) is 2.73. The highest BCUT2D eigenvalue weighted by atomic mass is 16.5. The fourth-order valence-electron chi connectivity index (χ4n) is 1.34. The van der Waals surface area contributed by atoms with Gasteiger partial charge in [0, 0.05) is 13.7 Å². The molecule has 94 valence electrons. The van der Waals surface area contributed by atoms with Crippen molar-refractivity contribution in [2.24, 2.45) is 11.8 Å². The Balaban J connectivity index is 2.51. The quantitative estimate of drug-likeness (QED) is 0.492. The van der Waals surface area contributed by atoms with Crippen molar-refractivity contribution >= 4 is 11.7 Å². The highest BCUT2D eigenvalue weighted by Gasteiger charge is 2.09. The number of methoxy groups -OCH3 is 1. The maximum Gasteiger partial charge on any atom is 0.269 e. The van der Waals surface area contributed by atoms with Gasteiger partial charge in [0.2, 0.25) is 0 Å². The lowest BCUT2D eigenvalue weighted by Crippen LogP contribution is -2.30. The molecule has 17 heavy (non-hydrogen) atoms. The minimum atomic E-state index is -0.218. The molecular weight excluding hydrogens is 220 g/mol. The van der Waals surface area contributed by atoms with Crippen LogP contribution in [0.1, 0.15) is 17.4 Å². The van der Waals surface area contributed by atoms with Crippen molar-refractivity contribution in [1.82, 2.24) is 10.3 Å².